The van der Waals surface area contributed by atoms with Gasteiger partial charge in [-0.25, -0.2) is 0 Å². The van der Waals surface area contributed by atoms with Gasteiger partial charge in [0.25, 0.3) is 5.70 Å². The molecule has 0 aromatic rings. The van der Waals surface area contributed by atoms with Gasteiger partial charge in [-0.3, -0.25) is 14.9 Å². The number of nitrogens with zero attached hydrogens (tertiary/aromatic N) is 2. The fraction of sp³-hybridized carbons (Fsp3) is 0.286. The molecule has 1 rings (SSSR count). The lowest BCUT2D eigenvalue weighted by atomic mass is 10.3. The number of rotatable bonds is 2. The Balaban J connectivity index is 2.79. The van der Waals surface area contributed by atoms with E-state index in [4.69, 9.17) is 0 Å². The first kappa shape index (κ1) is 10.2. The Kier molecular flexibility index (Phi) is 2.82. The first-order valence-electron chi connectivity index (χ1n) is 3.78. The molecular weight excluding hydrogens is 190 g/mol. The molecule has 0 fully saturated rings. The van der Waals surface area contributed by atoms with Crippen LogP contribution in [0.15, 0.2) is 23.7 Å². The fourth-order valence-electron chi connectivity index (χ4n) is 0.946. The second-order valence-corrected chi connectivity index (χ2v) is 2.68. The lowest BCUT2D eigenvalue weighted by molar-refractivity contribution is -0.427. The van der Waals surface area contributed by atoms with Crippen LogP contribution < -0.4 is 5.32 Å². The van der Waals surface area contributed by atoms with Crippen LogP contribution in [0.1, 0.15) is 6.92 Å². The maximum absolute atomic E-state index is 11.1. The molecule has 0 aliphatic carbocycles. The van der Waals surface area contributed by atoms with Gasteiger partial charge in [-0.1, -0.05) is 0 Å². The number of nitrogens with one attached hydrogen (secondary N) is 1. The van der Waals surface area contributed by atoms with Gasteiger partial charge in [0.2, 0.25) is 5.91 Å². The van der Waals surface area contributed by atoms with Crippen molar-refractivity contribution >= 4 is 5.91 Å². The summed E-state index contributed by atoms with van der Waals surface area (Å²) in [5.41, 5.74) is -0.200. The van der Waals surface area contributed by atoms with E-state index in [0.29, 0.717) is 5.06 Å². The van der Waals surface area contributed by atoms with Gasteiger partial charge < -0.3 is 15.6 Å². The van der Waals surface area contributed by atoms with Crippen LogP contribution in [-0.2, 0) is 4.79 Å². The van der Waals surface area contributed by atoms with Crippen LogP contribution in [-0.4, -0.2) is 22.4 Å². The fourth-order valence-corrected chi connectivity index (χ4v) is 0.946. The predicted octanol–water partition coefficient (Wildman–Crippen LogP) is -0.0621. The van der Waals surface area contributed by atoms with Crippen molar-refractivity contribution in [3.8, 4) is 0 Å². The van der Waals surface area contributed by atoms with Crippen LogP contribution >= 0.6 is 0 Å². The summed E-state index contributed by atoms with van der Waals surface area (Å²) in [5, 5.41) is 24.0. The number of amides is 1. The number of carbonyl (C=O) groups excluding carboxylic acids is 1. The molecule has 0 radical (unpaired) electrons. The summed E-state index contributed by atoms with van der Waals surface area (Å²) in [7, 11) is 0. The Morgan fingerprint density at radius 1 is 1.64 bits per heavy atom. The minimum absolute atomic E-state index is 0.0168. The molecule has 0 unspecified atom stereocenters. The molecular formula is C7H8N3O4-. The number of hydrogen-bond acceptors (Lipinski definition) is 5. The number of carbonyl (C=O) groups is 1. The van der Waals surface area contributed by atoms with Crippen LogP contribution in [0.25, 0.3) is 0 Å². The summed E-state index contributed by atoms with van der Waals surface area (Å²) in [4.78, 5) is 20.3. The lowest BCUT2D eigenvalue weighted by Gasteiger charge is -2.33. The largest absolute Gasteiger partial charge is 0.757 e. The van der Waals surface area contributed by atoms with Crippen molar-refractivity contribution in [3.05, 3.63) is 39.0 Å². The average molecular weight is 198 g/mol. The number of allylic oxidation sites excluding steroid dienone is 2. The van der Waals surface area contributed by atoms with Gasteiger partial charge in [0.1, 0.15) is 0 Å². The second kappa shape index (κ2) is 3.88. The average Bonchev–Trinajstić information content (AvgIpc) is 2.07. The number of hydrogen-bond donors (Lipinski definition) is 1. The van der Waals surface area contributed by atoms with Crippen LogP contribution in [0.5, 0.6) is 0 Å². The molecule has 1 aliphatic heterocycles. The van der Waals surface area contributed by atoms with Crippen molar-refractivity contribution in [1.82, 2.24) is 10.4 Å². The summed E-state index contributed by atoms with van der Waals surface area (Å²) < 4.78 is 0. The molecule has 1 N–H and O–H groups in total. The highest BCUT2D eigenvalue weighted by Crippen LogP contribution is 2.11. The summed E-state index contributed by atoms with van der Waals surface area (Å²) in [5.74, 6) is -0.377. The zero-order valence-electron chi connectivity index (χ0n) is 7.39. The van der Waals surface area contributed by atoms with E-state index >= 15 is 0 Å². The molecule has 1 aliphatic rings. The molecule has 1 heterocycles. The molecule has 76 valence electrons. The third-order valence-electron chi connectivity index (χ3n) is 1.55. The minimum Gasteiger partial charge on any atom is -0.757 e. The lowest BCUT2D eigenvalue weighted by Crippen LogP contribution is -2.34. The number of nitro groups is 1. The van der Waals surface area contributed by atoms with Crippen LogP contribution in [0.3, 0.4) is 0 Å². The van der Waals surface area contributed by atoms with Crippen molar-refractivity contribution in [2.24, 2.45) is 0 Å². The van der Waals surface area contributed by atoms with Crippen molar-refractivity contribution < 1.29 is 9.72 Å². The molecule has 0 aromatic carbocycles. The van der Waals surface area contributed by atoms with E-state index in [1.807, 2.05) is 0 Å². The van der Waals surface area contributed by atoms with Gasteiger partial charge in [0.15, 0.2) is 0 Å². The van der Waals surface area contributed by atoms with E-state index in [9.17, 15) is 20.1 Å². The van der Waals surface area contributed by atoms with Gasteiger partial charge in [0, 0.05) is 13.0 Å². The van der Waals surface area contributed by atoms with E-state index in [1.165, 1.54) is 19.1 Å². The van der Waals surface area contributed by atoms with Crippen molar-refractivity contribution in [1.29, 1.82) is 0 Å². The Hall–Kier alpha value is -1.89. The van der Waals surface area contributed by atoms with Crippen LogP contribution in [0, 0.1) is 15.3 Å². The number of hydroxylamine groups is 2. The van der Waals surface area contributed by atoms with Gasteiger partial charge >= 0.3 is 0 Å². The van der Waals surface area contributed by atoms with Gasteiger partial charge in [-0.15, -0.1) is 0 Å². The van der Waals surface area contributed by atoms with E-state index in [1.54, 1.807) is 0 Å². The van der Waals surface area contributed by atoms with Crippen LogP contribution in [0.4, 0.5) is 0 Å². The van der Waals surface area contributed by atoms with Gasteiger partial charge in [-0.2, -0.15) is 0 Å². The monoisotopic (exact) mass is 198 g/mol. The molecule has 0 saturated heterocycles. The molecule has 0 aromatic heterocycles. The summed E-state index contributed by atoms with van der Waals surface area (Å²) in [6.45, 7) is 0.889. The zero-order valence-corrected chi connectivity index (χ0v) is 7.39. The normalized spacial score (nSPS) is 15.7. The highest BCUT2D eigenvalue weighted by molar-refractivity contribution is 5.74. The highest BCUT2D eigenvalue weighted by Gasteiger charge is 2.16. The SMILES string of the molecule is CC(=O)NC1=CC=C([N+](=O)[O-])CN1[O-]. The Morgan fingerprint density at radius 2 is 2.29 bits per heavy atom. The first-order valence-corrected chi connectivity index (χ1v) is 3.78. The van der Waals surface area contributed by atoms with E-state index in [2.05, 4.69) is 5.32 Å². The molecule has 7 heteroatoms. The van der Waals surface area contributed by atoms with Crippen molar-refractivity contribution in [2.45, 2.75) is 6.92 Å². The van der Waals surface area contributed by atoms with E-state index in [0.717, 1.165) is 0 Å². The minimum atomic E-state index is -0.633. The van der Waals surface area contributed by atoms with Crippen molar-refractivity contribution in [2.75, 3.05) is 6.54 Å². The Bertz CT molecular complexity index is 334. The van der Waals surface area contributed by atoms with Crippen LogP contribution in [0.2, 0.25) is 0 Å². The maximum atomic E-state index is 11.1. The summed E-state index contributed by atoms with van der Waals surface area (Å²) in [6.07, 6.45) is 2.40. The summed E-state index contributed by atoms with van der Waals surface area (Å²) >= 11 is 0. The van der Waals surface area contributed by atoms with Gasteiger partial charge in [-0.05, 0) is 6.08 Å². The standard InChI is InChI=1S/C7H8N3O4/c1-5(11)8-7-3-2-6(10(13)14)4-9(7)12/h2-3H,4H2,1H3,(H,8,11)/q-1. The Labute approximate surface area is 79.4 Å². The topological polar surface area (TPSA) is 98.5 Å². The third kappa shape index (κ3) is 2.30. The zero-order chi connectivity index (χ0) is 10.7. The third-order valence-corrected chi connectivity index (χ3v) is 1.55. The van der Waals surface area contributed by atoms with Gasteiger partial charge in [0.05, 0.1) is 17.3 Å². The Morgan fingerprint density at radius 3 is 2.71 bits per heavy atom. The molecule has 14 heavy (non-hydrogen) atoms. The summed E-state index contributed by atoms with van der Waals surface area (Å²) in [6, 6.07) is 0. The molecule has 0 bridgehead atoms. The highest BCUT2D eigenvalue weighted by atomic mass is 16.6. The molecule has 0 atom stereocenters. The molecule has 7 nitrogen and oxygen atoms in total. The predicted molar refractivity (Wildman–Crippen MR) is 47.1 cm³/mol. The first-order chi connectivity index (χ1) is 6.50. The molecule has 0 saturated carbocycles. The van der Waals surface area contributed by atoms with E-state index < -0.39 is 10.8 Å². The maximum Gasteiger partial charge on any atom is 0.264 e. The molecule has 0 spiro atoms. The van der Waals surface area contributed by atoms with E-state index in [-0.39, 0.29) is 18.1 Å². The quantitative estimate of drug-likeness (QED) is 0.495. The molecule has 1 amide bonds. The smallest absolute Gasteiger partial charge is 0.264 e. The second-order valence-electron chi connectivity index (χ2n) is 2.68. The van der Waals surface area contributed by atoms with Crippen molar-refractivity contribution in [3.63, 3.8) is 0 Å².